The highest BCUT2D eigenvalue weighted by Crippen LogP contribution is 2.17. The predicted octanol–water partition coefficient (Wildman–Crippen LogP) is 2.31. The zero-order chi connectivity index (χ0) is 15.9. The number of rotatable bonds is 7. The molecule has 1 aliphatic rings. The summed E-state index contributed by atoms with van der Waals surface area (Å²) >= 11 is 0. The number of nitrogens with zero attached hydrogens (tertiary/aromatic N) is 1. The Balaban J connectivity index is 1.62. The highest BCUT2D eigenvalue weighted by molar-refractivity contribution is 5.35. The first-order valence-corrected chi connectivity index (χ1v) is 8.25. The Morgan fingerprint density at radius 1 is 1.18 bits per heavy atom. The largest absolute Gasteiger partial charge is 0.494 e. The van der Waals surface area contributed by atoms with Crippen molar-refractivity contribution in [3.05, 3.63) is 34.4 Å². The number of unbranched alkanes of at least 4 members (excludes halogenated alkanes) is 1. The van der Waals surface area contributed by atoms with Crippen LogP contribution in [0.2, 0.25) is 0 Å². The SMILES string of the molecule is C[C@@H]1C[C@H](C)C[NH+](CCCCOc2ccc([N+](=O)[O-])cc2)C1. The van der Waals surface area contributed by atoms with Crippen molar-refractivity contribution in [1.29, 1.82) is 0 Å². The lowest BCUT2D eigenvalue weighted by molar-refractivity contribution is -0.912. The van der Waals surface area contributed by atoms with E-state index in [1.165, 1.54) is 44.6 Å². The molecule has 3 atom stereocenters. The van der Waals surface area contributed by atoms with E-state index in [1.807, 2.05) is 0 Å². The van der Waals surface area contributed by atoms with Crippen molar-refractivity contribution >= 4 is 5.69 Å². The maximum Gasteiger partial charge on any atom is 0.269 e. The van der Waals surface area contributed by atoms with Crippen LogP contribution in [0.1, 0.15) is 33.1 Å². The maximum absolute atomic E-state index is 10.6. The lowest BCUT2D eigenvalue weighted by atomic mass is 9.92. The Morgan fingerprint density at radius 3 is 2.41 bits per heavy atom. The zero-order valence-corrected chi connectivity index (χ0v) is 13.6. The molecule has 2 rings (SSSR count). The first-order chi connectivity index (χ1) is 10.5. The minimum absolute atomic E-state index is 0.101. The van der Waals surface area contributed by atoms with Gasteiger partial charge in [0.05, 0.1) is 31.2 Å². The van der Waals surface area contributed by atoms with Crippen molar-refractivity contribution in [2.75, 3.05) is 26.2 Å². The van der Waals surface area contributed by atoms with Crippen LogP contribution in [0.4, 0.5) is 5.69 Å². The fraction of sp³-hybridized carbons (Fsp3) is 0.647. The van der Waals surface area contributed by atoms with E-state index < -0.39 is 4.92 Å². The van der Waals surface area contributed by atoms with Crippen LogP contribution in [0.5, 0.6) is 5.75 Å². The van der Waals surface area contributed by atoms with Crippen molar-refractivity contribution < 1.29 is 14.6 Å². The quantitative estimate of drug-likeness (QED) is 0.478. The molecule has 5 heteroatoms. The third kappa shape index (κ3) is 5.30. The second-order valence-electron chi connectivity index (χ2n) is 6.66. The van der Waals surface area contributed by atoms with Crippen LogP contribution in [0.3, 0.4) is 0 Å². The van der Waals surface area contributed by atoms with Gasteiger partial charge in [0.15, 0.2) is 0 Å². The van der Waals surface area contributed by atoms with Gasteiger partial charge in [0.1, 0.15) is 5.75 Å². The lowest BCUT2D eigenvalue weighted by Crippen LogP contribution is -3.14. The average Bonchev–Trinajstić information content (AvgIpc) is 2.46. The van der Waals surface area contributed by atoms with Gasteiger partial charge in [-0.05, 0) is 31.4 Å². The third-order valence-corrected chi connectivity index (χ3v) is 4.32. The Labute approximate surface area is 132 Å². The van der Waals surface area contributed by atoms with Crippen molar-refractivity contribution in [3.8, 4) is 5.75 Å². The fourth-order valence-electron chi connectivity index (χ4n) is 3.46. The molecule has 1 heterocycles. The number of ether oxygens (including phenoxy) is 1. The Hall–Kier alpha value is -1.62. The fourth-order valence-corrected chi connectivity index (χ4v) is 3.46. The highest BCUT2D eigenvalue weighted by Gasteiger charge is 2.24. The van der Waals surface area contributed by atoms with Crippen LogP contribution >= 0.6 is 0 Å². The van der Waals surface area contributed by atoms with Crippen LogP contribution in [0, 0.1) is 22.0 Å². The van der Waals surface area contributed by atoms with E-state index in [9.17, 15) is 10.1 Å². The molecule has 0 radical (unpaired) electrons. The molecule has 0 amide bonds. The first-order valence-electron chi connectivity index (χ1n) is 8.25. The molecule has 1 aliphatic heterocycles. The molecule has 22 heavy (non-hydrogen) atoms. The Morgan fingerprint density at radius 2 is 1.82 bits per heavy atom. The van der Waals surface area contributed by atoms with E-state index >= 15 is 0 Å². The molecule has 1 aromatic carbocycles. The summed E-state index contributed by atoms with van der Waals surface area (Å²) in [5, 5.41) is 10.6. The number of nitrogens with one attached hydrogen (secondary N) is 1. The second-order valence-corrected chi connectivity index (χ2v) is 6.66. The molecule has 1 saturated heterocycles. The summed E-state index contributed by atoms with van der Waals surface area (Å²) in [7, 11) is 0. The summed E-state index contributed by atoms with van der Waals surface area (Å²) in [5.74, 6) is 2.39. The molecule has 1 unspecified atom stereocenters. The van der Waals surface area contributed by atoms with Gasteiger partial charge in [0.25, 0.3) is 5.69 Å². The molecule has 5 nitrogen and oxygen atoms in total. The summed E-state index contributed by atoms with van der Waals surface area (Å²) in [4.78, 5) is 11.9. The van der Waals surface area contributed by atoms with Gasteiger partial charge in [-0.15, -0.1) is 0 Å². The Kier molecular flexibility index (Phi) is 6.19. The molecule has 0 saturated carbocycles. The van der Waals surface area contributed by atoms with Crippen LogP contribution in [0.15, 0.2) is 24.3 Å². The second kappa shape index (κ2) is 8.13. The van der Waals surface area contributed by atoms with Gasteiger partial charge in [-0.2, -0.15) is 0 Å². The molecule has 0 spiro atoms. The van der Waals surface area contributed by atoms with E-state index in [1.54, 1.807) is 17.0 Å². The summed E-state index contributed by atoms with van der Waals surface area (Å²) in [5.41, 5.74) is 0.101. The molecule has 1 N–H and O–H groups in total. The zero-order valence-electron chi connectivity index (χ0n) is 13.6. The van der Waals surface area contributed by atoms with E-state index in [4.69, 9.17) is 4.74 Å². The van der Waals surface area contributed by atoms with E-state index in [-0.39, 0.29) is 5.69 Å². The van der Waals surface area contributed by atoms with E-state index in [0.29, 0.717) is 12.4 Å². The van der Waals surface area contributed by atoms with E-state index in [0.717, 1.165) is 18.3 Å². The lowest BCUT2D eigenvalue weighted by Gasteiger charge is -2.32. The standard InChI is InChI=1S/C17H26N2O3/c1-14-11-15(2)13-18(12-14)9-3-4-10-22-17-7-5-16(6-8-17)19(20)21/h5-8,14-15H,3-4,9-13H2,1-2H3/p+1/t14-,15+. The van der Waals surface area contributed by atoms with Gasteiger partial charge in [0.2, 0.25) is 0 Å². The Bertz CT molecular complexity index is 465. The number of nitro benzene ring substituents is 1. The third-order valence-electron chi connectivity index (χ3n) is 4.32. The molecular weight excluding hydrogens is 280 g/mol. The number of hydrogen-bond acceptors (Lipinski definition) is 3. The number of likely N-dealkylation sites (tertiary alicyclic amines) is 1. The highest BCUT2D eigenvalue weighted by atomic mass is 16.6. The molecule has 1 fully saturated rings. The molecule has 1 aromatic rings. The smallest absolute Gasteiger partial charge is 0.269 e. The van der Waals surface area contributed by atoms with Gasteiger partial charge in [-0.1, -0.05) is 13.8 Å². The monoisotopic (exact) mass is 307 g/mol. The first kappa shape index (κ1) is 16.7. The van der Waals surface area contributed by atoms with Crippen LogP contribution < -0.4 is 9.64 Å². The number of benzene rings is 1. The van der Waals surface area contributed by atoms with Crippen molar-refractivity contribution in [2.24, 2.45) is 11.8 Å². The minimum Gasteiger partial charge on any atom is -0.494 e. The summed E-state index contributed by atoms with van der Waals surface area (Å²) in [6, 6.07) is 6.29. The molecule has 0 bridgehead atoms. The summed E-state index contributed by atoms with van der Waals surface area (Å²) in [6.45, 7) is 9.20. The predicted molar refractivity (Wildman–Crippen MR) is 86.3 cm³/mol. The number of piperidine rings is 1. The van der Waals surface area contributed by atoms with Gasteiger partial charge < -0.3 is 9.64 Å². The van der Waals surface area contributed by atoms with E-state index in [2.05, 4.69) is 13.8 Å². The van der Waals surface area contributed by atoms with Crippen molar-refractivity contribution in [2.45, 2.75) is 33.1 Å². The van der Waals surface area contributed by atoms with Gasteiger partial charge in [-0.3, -0.25) is 10.1 Å². The molecule has 0 aliphatic carbocycles. The summed E-state index contributed by atoms with van der Waals surface area (Å²) < 4.78 is 5.64. The number of non-ortho nitro benzene ring substituents is 1. The topological polar surface area (TPSA) is 56.8 Å². The van der Waals surface area contributed by atoms with Crippen LogP contribution in [-0.2, 0) is 0 Å². The van der Waals surface area contributed by atoms with Crippen LogP contribution in [-0.4, -0.2) is 31.2 Å². The van der Waals surface area contributed by atoms with Crippen LogP contribution in [0.25, 0.3) is 0 Å². The number of nitro groups is 1. The number of hydrogen-bond donors (Lipinski definition) is 1. The molecule has 122 valence electrons. The van der Waals surface area contributed by atoms with Crippen molar-refractivity contribution in [3.63, 3.8) is 0 Å². The van der Waals surface area contributed by atoms with Gasteiger partial charge >= 0.3 is 0 Å². The minimum atomic E-state index is -0.396. The number of quaternary nitrogens is 1. The van der Waals surface area contributed by atoms with Crippen molar-refractivity contribution in [1.82, 2.24) is 0 Å². The average molecular weight is 307 g/mol. The maximum atomic E-state index is 10.6. The normalized spacial score (nSPS) is 24.9. The van der Waals surface area contributed by atoms with Gasteiger partial charge in [0, 0.05) is 24.0 Å². The molecular formula is C17H27N2O3+. The molecule has 0 aromatic heterocycles. The summed E-state index contributed by atoms with van der Waals surface area (Å²) in [6.07, 6.45) is 3.57. The van der Waals surface area contributed by atoms with Gasteiger partial charge in [-0.25, -0.2) is 0 Å².